The van der Waals surface area contributed by atoms with Crippen molar-refractivity contribution in [2.24, 2.45) is 0 Å². The van der Waals surface area contributed by atoms with Crippen molar-refractivity contribution in [2.75, 3.05) is 25.6 Å². The summed E-state index contributed by atoms with van der Waals surface area (Å²) in [5, 5.41) is 5.58. The summed E-state index contributed by atoms with van der Waals surface area (Å²) in [6, 6.07) is 17.6. The average Bonchev–Trinajstić information content (AvgIpc) is 3.16. The smallest absolute Gasteiger partial charge is 0.308 e. The number of anilines is 1. The molecule has 4 amide bonds. The molecule has 10 heteroatoms. The number of carbonyl (C=O) groups is 5. The highest BCUT2D eigenvalue weighted by Gasteiger charge is 2.35. The van der Waals surface area contributed by atoms with Gasteiger partial charge in [0.05, 0.1) is 11.1 Å². The van der Waals surface area contributed by atoms with E-state index in [-0.39, 0.29) is 47.3 Å². The minimum Gasteiger partial charge on any atom is -0.427 e. The van der Waals surface area contributed by atoms with Crippen LogP contribution in [0.2, 0.25) is 0 Å². The number of benzene rings is 3. The Kier molecular flexibility index (Phi) is 8.47. The lowest BCUT2D eigenvalue weighted by atomic mass is 10.1. The summed E-state index contributed by atoms with van der Waals surface area (Å²) in [5.41, 5.74) is 2.26. The van der Waals surface area contributed by atoms with Crippen LogP contribution in [0.25, 0.3) is 0 Å². The molecule has 0 atom stereocenters. The van der Waals surface area contributed by atoms with Crippen molar-refractivity contribution in [3.8, 4) is 5.75 Å². The van der Waals surface area contributed by atoms with Crippen molar-refractivity contribution >= 4 is 35.3 Å². The van der Waals surface area contributed by atoms with E-state index in [1.165, 1.54) is 31.2 Å². The fourth-order valence-corrected chi connectivity index (χ4v) is 4.12. The van der Waals surface area contributed by atoms with E-state index in [2.05, 4.69) is 10.6 Å². The number of esters is 1. The molecule has 0 fully saturated rings. The number of amides is 4. The first-order valence-electron chi connectivity index (χ1n) is 12.2. The summed E-state index contributed by atoms with van der Waals surface area (Å²) in [7, 11) is 1.55. The molecule has 1 aliphatic rings. The second kappa shape index (κ2) is 12.1. The van der Waals surface area contributed by atoms with E-state index < -0.39 is 17.8 Å². The molecule has 0 spiro atoms. The van der Waals surface area contributed by atoms with Gasteiger partial charge in [-0.2, -0.15) is 0 Å². The first-order valence-corrected chi connectivity index (χ1v) is 12.2. The van der Waals surface area contributed by atoms with Gasteiger partial charge in [0.15, 0.2) is 0 Å². The number of ether oxygens (including phenoxy) is 2. The maximum Gasteiger partial charge on any atom is 0.308 e. The van der Waals surface area contributed by atoms with Gasteiger partial charge in [0.25, 0.3) is 23.6 Å². The summed E-state index contributed by atoms with van der Waals surface area (Å²) in [6.07, 6.45) is 0.521. The third-order valence-corrected chi connectivity index (χ3v) is 5.96. The Hall–Kier alpha value is -4.83. The van der Waals surface area contributed by atoms with Gasteiger partial charge in [0, 0.05) is 50.5 Å². The van der Waals surface area contributed by atoms with E-state index in [4.69, 9.17) is 9.47 Å². The van der Waals surface area contributed by atoms with Gasteiger partial charge >= 0.3 is 5.97 Å². The number of rotatable bonds is 10. The number of methoxy groups -OCH3 is 1. The molecular weight excluding hydrogens is 502 g/mol. The highest BCUT2D eigenvalue weighted by Crippen LogP contribution is 2.25. The SMILES string of the molecule is COCCCN1C(=O)c2ccc(C(=O)Nc3cccc(CNC(=O)c4cccc(OC(C)=O)c4)c3)cc2C1=O. The Morgan fingerprint density at radius 1 is 0.846 bits per heavy atom. The average molecular weight is 530 g/mol. The molecule has 39 heavy (non-hydrogen) atoms. The van der Waals surface area contributed by atoms with Gasteiger partial charge in [0.1, 0.15) is 5.75 Å². The zero-order chi connectivity index (χ0) is 27.9. The van der Waals surface area contributed by atoms with Crippen LogP contribution in [0.5, 0.6) is 5.75 Å². The molecule has 0 saturated heterocycles. The normalized spacial score (nSPS) is 12.2. The fraction of sp³-hybridized carbons (Fsp3) is 0.207. The minimum absolute atomic E-state index is 0.189. The molecule has 3 aromatic rings. The van der Waals surface area contributed by atoms with Gasteiger partial charge in [-0.05, 0) is 60.5 Å². The number of fused-ring (bicyclic) bond motifs is 1. The number of imide groups is 1. The molecule has 2 N–H and O–H groups in total. The third kappa shape index (κ3) is 6.55. The summed E-state index contributed by atoms with van der Waals surface area (Å²) in [6.45, 7) is 2.13. The minimum atomic E-state index is -0.480. The molecule has 1 aliphatic heterocycles. The molecule has 1 heterocycles. The van der Waals surface area contributed by atoms with Crippen LogP contribution in [0.15, 0.2) is 66.7 Å². The molecule has 200 valence electrons. The van der Waals surface area contributed by atoms with E-state index in [1.807, 2.05) is 0 Å². The monoisotopic (exact) mass is 529 g/mol. The van der Waals surface area contributed by atoms with E-state index in [0.717, 1.165) is 10.5 Å². The first kappa shape index (κ1) is 27.2. The molecule has 0 aliphatic carbocycles. The largest absolute Gasteiger partial charge is 0.427 e. The number of nitrogens with one attached hydrogen (secondary N) is 2. The zero-order valence-corrected chi connectivity index (χ0v) is 21.5. The van der Waals surface area contributed by atoms with Gasteiger partial charge < -0.3 is 20.1 Å². The predicted molar refractivity (Wildman–Crippen MR) is 142 cm³/mol. The van der Waals surface area contributed by atoms with Gasteiger partial charge in [0.2, 0.25) is 0 Å². The van der Waals surface area contributed by atoms with Gasteiger partial charge in [-0.1, -0.05) is 18.2 Å². The first-order chi connectivity index (χ1) is 18.8. The summed E-state index contributed by atoms with van der Waals surface area (Å²) in [4.78, 5) is 63.1. The molecule has 10 nitrogen and oxygen atoms in total. The number of nitrogens with zero attached hydrogens (tertiary/aromatic N) is 1. The van der Waals surface area contributed by atoms with Crippen molar-refractivity contribution in [3.63, 3.8) is 0 Å². The van der Waals surface area contributed by atoms with Gasteiger partial charge in [-0.3, -0.25) is 28.9 Å². The van der Waals surface area contributed by atoms with Crippen LogP contribution < -0.4 is 15.4 Å². The maximum absolute atomic E-state index is 12.9. The Labute approximate surface area is 224 Å². The molecule has 4 rings (SSSR count). The quantitative estimate of drug-likeness (QED) is 0.178. The number of hydrogen-bond acceptors (Lipinski definition) is 7. The topological polar surface area (TPSA) is 131 Å². The summed E-state index contributed by atoms with van der Waals surface area (Å²) < 4.78 is 10.0. The second-order valence-corrected chi connectivity index (χ2v) is 8.83. The standard InChI is InChI=1S/C29H27N3O7/c1-18(33)39-23-9-4-7-20(15-23)26(34)30-17-19-6-3-8-22(14-19)31-27(35)21-10-11-24-25(16-21)29(37)32(28(24)36)12-5-13-38-2/h3-4,6-11,14-16H,5,12-13,17H2,1-2H3,(H,30,34)(H,31,35). The Morgan fingerprint density at radius 3 is 2.36 bits per heavy atom. The Bertz CT molecular complexity index is 1450. The van der Waals surface area contributed by atoms with Crippen LogP contribution in [0.3, 0.4) is 0 Å². The van der Waals surface area contributed by atoms with Crippen LogP contribution in [0.1, 0.15) is 60.3 Å². The van der Waals surface area contributed by atoms with E-state index in [1.54, 1.807) is 49.6 Å². The highest BCUT2D eigenvalue weighted by molar-refractivity contribution is 6.22. The van der Waals surface area contributed by atoms with Crippen LogP contribution in [0, 0.1) is 0 Å². The Balaban J connectivity index is 1.38. The van der Waals surface area contributed by atoms with Crippen molar-refractivity contribution in [1.82, 2.24) is 10.2 Å². The van der Waals surface area contributed by atoms with Gasteiger partial charge in [-0.15, -0.1) is 0 Å². The summed E-state index contributed by atoms with van der Waals surface area (Å²) in [5.74, 6) is -1.82. The lowest BCUT2D eigenvalue weighted by molar-refractivity contribution is -0.131. The molecule has 3 aromatic carbocycles. The van der Waals surface area contributed by atoms with E-state index in [0.29, 0.717) is 24.3 Å². The van der Waals surface area contributed by atoms with Crippen LogP contribution >= 0.6 is 0 Å². The maximum atomic E-state index is 12.9. The number of carbonyl (C=O) groups excluding carboxylic acids is 5. The number of hydrogen-bond donors (Lipinski definition) is 2. The Morgan fingerprint density at radius 2 is 1.59 bits per heavy atom. The lowest BCUT2D eigenvalue weighted by Gasteiger charge is -2.12. The zero-order valence-electron chi connectivity index (χ0n) is 21.5. The molecule has 0 bridgehead atoms. The summed E-state index contributed by atoms with van der Waals surface area (Å²) >= 11 is 0. The predicted octanol–water partition coefficient (Wildman–Crippen LogP) is 3.43. The third-order valence-electron chi connectivity index (χ3n) is 5.96. The van der Waals surface area contributed by atoms with Crippen molar-refractivity contribution < 1.29 is 33.4 Å². The molecule has 0 aromatic heterocycles. The van der Waals surface area contributed by atoms with E-state index >= 15 is 0 Å². The fourth-order valence-electron chi connectivity index (χ4n) is 4.12. The van der Waals surface area contributed by atoms with Crippen molar-refractivity contribution in [2.45, 2.75) is 19.9 Å². The molecule has 0 radical (unpaired) electrons. The molecular formula is C29H27N3O7. The van der Waals surface area contributed by atoms with Crippen molar-refractivity contribution in [3.05, 3.63) is 94.5 Å². The lowest BCUT2D eigenvalue weighted by Crippen LogP contribution is -2.31. The van der Waals surface area contributed by atoms with Crippen LogP contribution in [0.4, 0.5) is 5.69 Å². The van der Waals surface area contributed by atoms with E-state index in [9.17, 15) is 24.0 Å². The molecule has 0 saturated carbocycles. The van der Waals surface area contributed by atoms with Crippen molar-refractivity contribution in [1.29, 1.82) is 0 Å². The van der Waals surface area contributed by atoms with Crippen LogP contribution in [-0.2, 0) is 16.1 Å². The highest BCUT2D eigenvalue weighted by atomic mass is 16.5. The second-order valence-electron chi connectivity index (χ2n) is 8.83. The van der Waals surface area contributed by atoms with Gasteiger partial charge in [-0.25, -0.2) is 0 Å². The van der Waals surface area contributed by atoms with Crippen LogP contribution in [-0.4, -0.2) is 54.8 Å². The molecule has 0 unspecified atom stereocenters.